The smallest absolute Gasteiger partial charge is 0.206 e. The lowest BCUT2D eigenvalue weighted by Gasteiger charge is -2.24. The molecule has 0 aliphatic carbocycles. The number of fused-ring (bicyclic) bond motifs is 2. The average molecular weight is 829 g/mol. The molecule has 0 heterocycles. The number of benzene rings is 6. The fourth-order valence-electron chi connectivity index (χ4n) is 5.84. The van der Waals surface area contributed by atoms with E-state index in [-0.39, 0.29) is 32.7 Å². The van der Waals surface area contributed by atoms with Crippen molar-refractivity contribution in [3.05, 3.63) is 121 Å². The maximum atomic E-state index is 14.3. The van der Waals surface area contributed by atoms with Gasteiger partial charge >= 0.3 is 31.1 Å². The van der Waals surface area contributed by atoms with Crippen molar-refractivity contribution in [1.82, 2.24) is 8.25 Å². The predicted molar refractivity (Wildman–Crippen MR) is 188 cm³/mol. The van der Waals surface area contributed by atoms with Crippen LogP contribution >= 0.6 is 0 Å². The largest absolute Gasteiger partial charge is 0.512 e. The molecule has 0 saturated heterocycles. The van der Waals surface area contributed by atoms with Gasteiger partial charge in [-0.3, -0.25) is 0 Å². The molecule has 6 aromatic carbocycles. The Morgan fingerprint density at radius 1 is 0.407 bits per heavy atom. The molecule has 0 aromatic heterocycles. The van der Waals surface area contributed by atoms with Gasteiger partial charge in [0, 0.05) is 22.3 Å². The maximum absolute atomic E-state index is 14.3. The Morgan fingerprint density at radius 2 is 0.704 bits per heavy atom. The van der Waals surface area contributed by atoms with Crippen LogP contribution in [0.15, 0.2) is 131 Å². The van der Waals surface area contributed by atoms with Crippen LogP contribution in [0.1, 0.15) is 0 Å². The molecule has 0 radical (unpaired) electrons. The summed E-state index contributed by atoms with van der Waals surface area (Å²) in [6, 6.07) is 27.1. The molecule has 2 N–H and O–H groups in total. The number of hydrogen-bond donors (Lipinski definition) is 2. The van der Waals surface area contributed by atoms with E-state index in [0.717, 1.165) is 0 Å². The fourth-order valence-corrected chi connectivity index (χ4v) is 11.5. The van der Waals surface area contributed by atoms with Crippen LogP contribution in [-0.2, 0) is 40.1 Å². The summed E-state index contributed by atoms with van der Waals surface area (Å²) >= 11 is 0. The SMILES string of the molecule is O=S(=O)(NS(=O)(=O)C(F)(F)F)c1c(-c2ccccc2)cc2ccccc2c1-c1c(S(=O)(=O)NS(=O)(=O)C(F)(F)F)c(-c2ccccc2)cc2ccccc12. The minimum absolute atomic E-state index is 0.0278. The summed E-state index contributed by atoms with van der Waals surface area (Å²) in [7, 11) is -25.4. The van der Waals surface area contributed by atoms with Crippen LogP contribution in [0, 0.1) is 0 Å². The first-order valence-corrected chi connectivity index (χ1v) is 20.9. The van der Waals surface area contributed by atoms with Crippen molar-refractivity contribution in [3.8, 4) is 33.4 Å². The molecule has 0 amide bonds. The molecule has 20 heteroatoms. The van der Waals surface area contributed by atoms with E-state index in [1.807, 2.05) is 0 Å². The van der Waals surface area contributed by atoms with Crippen LogP contribution < -0.4 is 8.25 Å². The molecule has 0 fully saturated rings. The van der Waals surface area contributed by atoms with Crippen LogP contribution in [-0.4, -0.2) is 44.7 Å². The lowest BCUT2D eigenvalue weighted by molar-refractivity contribution is -0.0447. The second kappa shape index (κ2) is 13.5. The van der Waals surface area contributed by atoms with E-state index in [2.05, 4.69) is 0 Å². The number of sulfonamides is 4. The molecule has 0 bridgehead atoms. The first-order valence-electron chi connectivity index (χ1n) is 15.0. The van der Waals surface area contributed by atoms with Crippen molar-refractivity contribution in [2.24, 2.45) is 0 Å². The Bertz CT molecular complexity index is 2710. The lowest BCUT2D eigenvalue weighted by Crippen LogP contribution is -2.41. The number of halogens is 6. The summed E-state index contributed by atoms with van der Waals surface area (Å²) in [5.41, 5.74) is -14.9. The highest BCUT2D eigenvalue weighted by Gasteiger charge is 2.51. The summed E-state index contributed by atoms with van der Waals surface area (Å²) in [4.78, 5) is -2.46. The highest BCUT2D eigenvalue weighted by molar-refractivity contribution is 8.05. The van der Waals surface area contributed by atoms with Crippen molar-refractivity contribution in [2.75, 3.05) is 0 Å². The molecule has 0 atom stereocenters. The molecule has 0 aliphatic rings. The van der Waals surface area contributed by atoms with E-state index in [1.165, 1.54) is 121 Å². The van der Waals surface area contributed by atoms with Crippen molar-refractivity contribution in [3.63, 3.8) is 0 Å². The normalized spacial score (nSPS) is 13.4. The van der Waals surface area contributed by atoms with Crippen molar-refractivity contribution in [2.45, 2.75) is 20.8 Å². The van der Waals surface area contributed by atoms with Gasteiger partial charge in [0.2, 0.25) is 0 Å². The van der Waals surface area contributed by atoms with Gasteiger partial charge in [0.05, 0.1) is 9.79 Å². The molecule has 0 saturated carbocycles. The fraction of sp³-hybridized carbons (Fsp3) is 0.0588. The molecule has 0 aliphatic heterocycles. The summed E-state index contributed by atoms with van der Waals surface area (Å²) in [5.74, 6) is 0. The van der Waals surface area contributed by atoms with Crippen LogP contribution in [0.4, 0.5) is 26.3 Å². The highest BCUT2D eigenvalue weighted by Crippen LogP contribution is 2.49. The van der Waals surface area contributed by atoms with E-state index < -0.39 is 83.2 Å². The van der Waals surface area contributed by atoms with Gasteiger partial charge in [-0.1, -0.05) is 117 Å². The van der Waals surface area contributed by atoms with E-state index in [9.17, 15) is 60.0 Å². The van der Waals surface area contributed by atoms with Crippen molar-refractivity contribution in [1.29, 1.82) is 0 Å². The van der Waals surface area contributed by atoms with E-state index in [4.69, 9.17) is 0 Å². The van der Waals surface area contributed by atoms with Crippen molar-refractivity contribution >= 4 is 61.6 Å². The van der Waals surface area contributed by atoms with Crippen molar-refractivity contribution < 1.29 is 60.0 Å². The summed E-state index contributed by atoms with van der Waals surface area (Å²) in [6.45, 7) is 0. The molecule has 54 heavy (non-hydrogen) atoms. The van der Waals surface area contributed by atoms with Gasteiger partial charge in [0.15, 0.2) is 0 Å². The van der Waals surface area contributed by atoms with Crippen LogP contribution in [0.25, 0.3) is 54.9 Å². The second-order valence-corrected chi connectivity index (χ2v) is 18.6. The summed E-state index contributed by atoms with van der Waals surface area (Å²) < 4.78 is 191. The zero-order valence-corrected chi connectivity index (χ0v) is 30.0. The average Bonchev–Trinajstić information content (AvgIpc) is 3.09. The van der Waals surface area contributed by atoms with Crippen LogP contribution in [0.5, 0.6) is 0 Å². The van der Waals surface area contributed by atoms with E-state index in [1.54, 1.807) is 0 Å². The molecule has 0 unspecified atom stereocenters. The van der Waals surface area contributed by atoms with E-state index in [0.29, 0.717) is 8.25 Å². The topological polar surface area (TPSA) is 161 Å². The predicted octanol–water partition coefficient (Wildman–Crippen LogP) is 7.25. The second-order valence-electron chi connectivity index (χ2n) is 11.5. The van der Waals surface area contributed by atoms with E-state index >= 15 is 0 Å². The zero-order valence-electron chi connectivity index (χ0n) is 26.7. The van der Waals surface area contributed by atoms with Crippen LogP contribution in [0.2, 0.25) is 0 Å². The zero-order chi connectivity index (χ0) is 39.5. The standard InChI is InChI=1S/C34H22F6N2O8S4/c35-33(36,37)53(47,48)41-51(43,44)31-27(21-11-3-1-4-12-21)19-23-15-7-9-17-25(23)29(31)30-26-18-10-8-16-24(26)20-28(22-13-5-2-6-14-22)32(30)52(45,46)42-54(49,50)34(38,39)40/h1-20,41-42H. The lowest BCUT2D eigenvalue weighted by atomic mass is 9.88. The van der Waals surface area contributed by atoms with Crippen LogP contribution in [0.3, 0.4) is 0 Å². The Labute approximate surface area is 304 Å². The molecule has 10 nitrogen and oxygen atoms in total. The summed E-state index contributed by atoms with van der Waals surface area (Å²) in [6.07, 6.45) is 0. The number of hydrogen-bond acceptors (Lipinski definition) is 8. The van der Waals surface area contributed by atoms with Gasteiger partial charge in [-0.15, -0.1) is 0 Å². The maximum Gasteiger partial charge on any atom is 0.512 e. The Kier molecular flexibility index (Phi) is 9.69. The number of nitrogens with one attached hydrogen (secondary N) is 2. The third kappa shape index (κ3) is 7.07. The number of rotatable bonds is 9. The Morgan fingerprint density at radius 3 is 1.02 bits per heavy atom. The number of alkyl halides is 6. The van der Waals surface area contributed by atoms with Gasteiger partial charge in [-0.25, -0.2) is 33.7 Å². The van der Waals surface area contributed by atoms with Gasteiger partial charge in [-0.2, -0.15) is 26.3 Å². The minimum atomic E-state index is -6.70. The molecular weight excluding hydrogens is 807 g/mol. The molecule has 282 valence electrons. The van der Waals surface area contributed by atoms with Gasteiger partial charge in [-0.05, 0) is 44.8 Å². The summed E-state index contributed by atoms with van der Waals surface area (Å²) in [5, 5.41) is -0.241. The Hall–Kier alpha value is -4.86. The van der Waals surface area contributed by atoms with Gasteiger partial charge in [0.25, 0.3) is 20.0 Å². The highest BCUT2D eigenvalue weighted by atomic mass is 32.3. The monoisotopic (exact) mass is 828 g/mol. The van der Waals surface area contributed by atoms with Gasteiger partial charge in [0.1, 0.15) is 0 Å². The quantitative estimate of drug-likeness (QED) is 0.144. The first kappa shape index (κ1) is 38.9. The minimum Gasteiger partial charge on any atom is -0.206 e. The third-order valence-corrected chi connectivity index (χ3v) is 14.7. The van der Waals surface area contributed by atoms with Gasteiger partial charge < -0.3 is 0 Å². The third-order valence-electron chi connectivity index (χ3n) is 8.01. The first-order chi connectivity index (χ1) is 25.1. The molecule has 0 spiro atoms. The Balaban J connectivity index is 1.94. The molecular formula is C34H22F6N2O8S4. The molecule has 6 aromatic rings. The molecule has 6 rings (SSSR count).